The van der Waals surface area contributed by atoms with Gasteiger partial charge in [-0.1, -0.05) is 61.2 Å². The van der Waals surface area contributed by atoms with Crippen LogP contribution < -0.4 is 16.0 Å². The predicted octanol–water partition coefficient (Wildman–Crippen LogP) is 3.44. The molecule has 0 aromatic heterocycles. The average molecular weight is 1170 g/mol. The summed E-state index contributed by atoms with van der Waals surface area (Å²) in [6.07, 6.45) is 6.68. The highest BCUT2D eigenvalue weighted by atomic mass is 16.4. The lowest BCUT2D eigenvalue weighted by Crippen LogP contribution is -2.51. The molecule has 2 atom stereocenters. The number of nitrogens with one attached hydrogen (secondary N) is 3. The van der Waals surface area contributed by atoms with Crippen LogP contribution >= 0.6 is 0 Å². The number of amides is 4. The number of hydrogen-bond donors (Lipinski definition) is 9. The molecule has 9 N–H and O–H groups in total. The third kappa shape index (κ3) is 31.6. The number of aliphatic carboxylic acids is 6. The topological polar surface area (TPSA) is 361 Å². The second-order valence-electron chi connectivity index (χ2n) is 21.2. The number of ketones is 2. The minimum Gasteiger partial charge on any atom is -0.481 e. The first-order valence-corrected chi connectivity index (χ1v) is 28.6. The van der Waals surface area contributed by atoms with Gasteiger partial charge in [0.25, 0.3) is 5.91 Å². The second-order valence-corrected chi connectivity index (χ2v) is 21.2. The van der Waals surface area contributed by atoms with E-state index in [0.717, 1.165) is 36.0 Å². The van der Waals surface area contributed by atoms with E-state index in [2.05, 4.69) is 16.0 Å². The number of carboxylic acids is 6. The lowest BCUT2D eigenvalue weighted by atomic mass is 10.0. The SMILES string of the molecule is Cc1ccc(CN(CCCC[C@H](NC(=O)N[C@@H](CCC(=O)O)C(=O)O)C(=O)O)C(=O)CCCCCCC(=O)CCCCCNC(=O)c2ccc(CCC(=O)CN3CCN(CC(=O)O)CCN(CC(=O)O)CCN(CC(=O)O)CC3)cc2)cc1. The third-order valence-corrected chi connectivity index (χ3v) is 14.2. The van der Waals surface area contributed by atoms with Crippen molar-refractivity contribution in [1.82, 2.24) is 40.4 Å². The molecule has 0 radical (unpaired) electrons. The molecule has 25 heteroatoms. The largest absolute Gasteiger partial charge is 0.481 e. The van der Waals surface area contributed by atoms with Gasteiger partial charge in [-0.2, -0.15) is 0 Å². The summed E-state index contributed by atoms with van der Waals surface area (Å²) in [5.41, 5.74) is 3.32. The smallest absolute Gasteiger partial charge is 0.326 e. The average Bonchev–Trinajstić information content (AvgIpc) is 3.48. The fraction of sp³-hybridized carbons (Fsp3) is 0.603. The number of carbonyl (C=O) groups excluding carboxylic acids is 5. The van der Waals surface area contributed by atoms with E-state index in [9.17, 15) is 78.3 Å². The zero-order chi connectivity index (χ0) is 61.1. The first kappa shape index (κ1) is 69.9. The summed E-state index contributed by atoms with van der Waals surface area (Å²) in [5.74, 6) is -7.33. The zero-order valence-corrected chi connectivity index (χ0v) is 47.8. The van der Waals surface area contributed by atoms with E-state index in [4.69, 9.17) is 5.11 Å². The van der Waals surface area contributed by atoms with Gasteiger partial charge in [0.2, 0.25) is 5.91 Å². The van der Waals surface area contributed by atoms with E-state index in [1.807, 2.05) is 36.1 Å². The fourth-order valence-corrected chi connectivity index (χ4v) is 9.38. The number of benzene rings is 2. The van der Waals surface area contributed by atoms with E-state index in [1.165, 1.54) is 0 Å². The van der Waals surface area contributed by atoms with E-state index in [1.54, 1.807) is 43.9 Å². The first-order valence-electron chi connectivity index (χ1n) is 28.6. The standard InChI is InChI=1S/C58H86N8O17/c1-42-15-17-44(18-16-42)37-66(28-10-8-13-48(56(79)80)60-58(83)61-49(57(81)82)25-26-51(70)71)50(69)14-7-3-2-5-11-46(67)12-6-4-9-27-59-55(78)45-22-19-43(20-23-45)21-24-47(68)38-62-29-31-63(39-52(72)73)33-35-65(41-54(76)77)36-34-64(32-30-62)40-53(74)75/h15-20,22-23,48-49H,2-14,21,24-41H2,1H3,(H,59,78)(H,70,71)(H,72,73)(H,74,75)(H,76,77)(H,79,80)(H,81,82)(H2,60,61,83)/t48-,49-/m0/s1. The van der Waals surface area contributed by atoms with Crippen molar-refractivity contribution in [1.29, 1.82) is 0 Å². The van der Waals surface area contributed by atoms with Crippen LogP contribution in [0.1, 0.15) is 130 Å². The number of rotatable bonds is 39. The van der Waals surface area contributed by atoms with Crippen LogP contribution in [0.15, 0.2) is 48.5 Å². The van der Waals surface area contributed by atoms with E-state index in [-0.39, 0.29) is 95.0 Å². The van der Waals surface area contributed by atoms with Crippen molar-refractivity contribution < 1.29 is 83.4 Å². The van der Waals surface area contributed by atoms with Crippen molar-refractivity contribution in [3.05, 3.63) is 70.8 Å². The highest BCUT2D eigenvalue weighted by Crippen LogP contribution is 2.16. The third-order valence-electron chi connectivity index (χ3n) is 14.2. The highest BCUT2D eigenvalue weighted by molar-refractivity contribution is 5.94. The number of nitrogens with zero attached hydrogens (tertiary/aromatic N) is 5. The number of carbonyl (C=O) groups is 11. The monoisotopic (exact) mass is 1170 g/mol. The lowest BCUT2D eigenvalue weighted by molar-refractivity contribution is -0.141. The minimum atomic E-state index is -1.52. The molecule has 2 aromatic carbocycles. The van der Waals surface area contributed by atoms with E-state index >= 15 is 0 Å². The summed E-state index contributed by atoms with van der Waals surface area (Å²) in [6.45, 7) is 4.81. The molecule has 3 rings (SSSR count). The van der Waals surface area contributed by atoms with Gasteiger partial charge in [0.15, 0.2) is 0 Å². The Balaban J connectivity index is 1.33. The van der Waals surface area contributed by atoms with Crippen LogP contribution in [-0.4, -0.2) is 224 Å². The van der Waals surface area contributed by atoms with Gasteiger partial charge in [-0.15, -0.1) is 0 Å². The minimum absolute atomic E-state index is 0.00328. The van der Waals surface area contributed by atoms with Crippen LogP contribution in [0.25, 0.3) is 0 Å². The highest BCUT2D eigenvalue weighted by Gasteiger charge is 2.26. The predicted molar refractivity (Wildman–Crippen MR) is 304 cm³/mol. The molecule has 460 valence electrons. The molecule has 0 bridgehead atoms. The van der Waals surface area contributed by atoms with Gasteiger partial charge in [-0.25, -0.2) is 14.4 Å². The molecular weight excluding hydrogens is 1080 g/mol. The van der Waals surface area contributed by atoms with Crippen molar-refractivity contribution in [2.24, 2.45) is 0 Å². The van der Waals surface area contributed by atoms with Gasteiger partial charge >= 0.3 is 41.8 Å². The van der Waals surface area contributed by atoms with Crippen LogP contribution in [0.5, 0.6) is 0 Å². The Morgan fingerprint density at radius 3 is 1.41 bits per heavy atom. The molecule has 83 heavy (non-hydrogen) atoms. The van der Waals surface area contributed by atoms with Crippen molar-refractivity contribution in [3.8, 4) is 0 Å². The summed E-state index contributed by atoms with van der Waals surface area (Å²) in [5, 5.41) is 63.5. The zero-order valence-electron chi connectivity index (χ0n) is 47.8. The molecule has 1 heterocycles. The number of unbranched alkanes of at least 4 members (excludes halogenated alkanes) is 6. The maximum Gasteiger partial charge on any atom is 0.326 e. The molecule has 4 amide bonds. The maximum absolute atomic E-state index is 13.5. The van der Waals surface area contributed by atoms with Crippen LogP contribution in [0.2, 0.25) is 0 Å². The Morgan fingerprint density at radius 2 is 0.928 bits per heavy atom. The normalized spacial score (nSPS) is 14.7. The first-order chi connectivity index (χ1) is 39.6. The molecule has 1 aliphatic rings. The Morgan fingerprint density at radius 1 is 0.470 bits per heavy atom. The van der Waals surface area contributed by atoms with Gasteiger partial charge in [0.05, 0.1) is 26.2 Å². The molecule has 2 aromatic rings. The molecule has 1 aliphatic heterocycles. The van der Waals surface area contributed by atoms with Gasteiger partial charge in [0, 0.05) is 110 Å². The van der Waals surface area contributed by atoms with Gasteiger partial charge in [-0.3, -0.25) is 58.0 Å². The molecule has 0 aliphatic carbocycles. The van der Waals surface area contributed by atoms with Crippen LogP contribution in [0.4, 0.5) is 4.79 Å². The number of aryl methyl sites for hydroxylation is 2. The van der Waals surface area contributed by atoms with Crippen LogP contribution in [-0.2, 0) is 56.1 Å². The molecule has 1 fully saturated rings. The molecular formula is C58H86N8O17. The number of carboxylic acid groups (broad SMARTS) is 6. The van der Waals surface area contributed by atoms with Gasteiger partial charge in [0.1, 0.15) is 23.7 Å². The Bertz CT molecular complexity index is 2390. The Kier molecular flexibility index (Phi) is 33.0. The summed E-state index contributed by atoms with van der Waals surface area (Å²) in [7, 11) is 0. The molecule has 0 spiro atoms. The summed E-state index contributed by atoms with van der Waals surface area (Å²) >= 11 is 0. The molecule has 1 saturated heterocycles. The Hall–Kier alpha value is -7.35. The maximum atomic E-state index is 13.5. The van der Waals surface area contributed by atoms with Crippen molar-refractivity contribution >= 4 is 65.2 Å². The second kappa shape index (κ2) is 39.2. The van der Waals surface area contributed by atoms with E-state index < -0.39 is 60.4 Å². The number of Topliss-reactive ketones (excluding diaryl/α,β-unsaturated/α-hetero) is 2. The summed E-state index contributed by atoms with van der Waals surface area (Å²) < 4.78 is 0. The summed E-state index contributed by atoms with van der Waals surface area (Å²) in [4.78, 5) is 142. The molecule has 0 saturated carbocycles. The fourth-order valence-electron chi connectivity index (χ4n) is 9.38. The van der Waals surface area contributed by atoms with Gasteiger partial charge in [-0.05, 0) is 88.0 Å². The quantitative estimate of drug-likeness (QED) is 0.0433. The van der Waals surface area contributed by atoms with Crippen LogP contribution in [0.3, 0.4) is 0 Å². The van der Waals surface area contributed by atoms with E-state index in [0.29, 0.717) is 116 Å². The van der Waals surface area contributed by atoms with Gasteiger partial charge < -0.3 is 51.5 Å². The summed E-state index contributed by atoms with van der Waals surface area (Å²) in [6, 6.07) is 10.9. The molecule has 0 unspecified atom stereocenters. The number of urea groups is 1. The Labute approximate surface area is 484 Å². The van der Waals surface area contributed by atoms with Crippen molar-refractivity contribution in [2.45, 2.75) is 135 Å². The van der Waals surface area contributed by atoms with Crippen molar-refractivity contribution in [2.75, 3.05) is 91.6 Å². The van der Waals surface area contributed by atoms with Crippen molar-refractivity contribution in [3.63, 3.8) is 0 Å². The lowest BCUT2D eigenvalue weighted by Gasteiger charge is -2.32. The number of hydrogen-bond acceptors (Lipinski definition) is 15. The van der Waals surface area contributed by atoms with Crippen LogP contribution in [0, 0.1) is 6.92 Å². The molecule has 25 nitrogen and oxygen atoms in total.